The molecule has 0 heterocycles. The van der Waals surface area contributed by atoms with Crippen molar-refractivity contribution >= 4 is 0 Å². The number of hydrogen-bond donors (Lipinski definition) is 2. The number of hydrogen-bond acceptors (Lipinski definition) is 4. The third kappa shape index (κ3) is 6.37. The molecular weight excluding hydrogens is 410 g/mol. The van der Waals surface area contributed by atoms with Crippen molar-refractivity contribution in [3.8, 4) is 11.5 Å². The number of ether oxygens (including phenoxy) is 2. The lowest BCUT2D eigenvalue weighted by atomic mass is 9.77. The normalized spacial score (nSPS) is 11.4. The van der Waals surface area contributed by atoms with Gasteiger partial charge in [0.05, 0.1) is 19.8 Å². The van der Waals surface area contributed by atoms with E-state index in [0.29, 0.717) is 6.61 Å². The minimum atomic E-state index is -0.489. The molecule has 0 aliphatic rings. The molecule has 4 heteroatoms. The maximum absolute atomic E-state index is 8.96. The predicted octanol–water partition coefficient (Wildman–Crippen LogP) is 5.92. The fourth-order valence-corrected chi connectivity index (χ4v) is 4.40. The maximum atomic E-state index is 8.96. The minimum absolute atomic E-state index is 0.297. The van der Waals surface area contributed by atoms with Crippen molar-refractivity contribution in [2.24, 2.45) is 0 Å². The average molecular weight is 448 g/mol. The summed E-state index contributed by atoms with van der Waals surface area (Å²) >= 11 is 0. The fraction of sp³-hybridized carbons (Fsp3) is 0.379. The Balaban J connectivity index is 1.93. The third-order valence-electron chi connectivity index (χ3n) is 6.23. The summed E-state index contributed by atoms with van der Waals surface area (Å²) in [5.41, 5.74) is 3.05. The van der Waals surface area contributed by atoms with Crippen molar-refractivity contribution in [2.45, 2.75) is 44.1 Å². The number of aliphatic hydroxyl groups excluding tert-OH is 1. The molecule has 33 heavy (non-hydrogen) atoms. The quantitative estimate of drug-likeness (QED) is 0.238. The number of unbranched alkanes of at least 4 members (excludes halogenated alkanes) is 5. The molecule has 0 aromatic heterocycles. The standard InChI is InChI=1S/C29H37NO3/c1-32-27-18-14-25(15-19-27)29(24-12-8-7-9-13-24,26-16-20-28(33-2)21-17-26)30-22-10-5-3-4-6-11-23-31/h7-9,12-21,30-31H,3-6,10-11,22-23H2,1-2H3. The van der Waals surface area contributed by atoms with Crippen molar-refractivity contribution in [3.63, 3.8) is 0 Å². The predicted molar refractivity (Wildman–Crippen MR) is 135 cm³/mol. The van der Waals surface area contributed by atoms with E-state index in [2.05, 4.69) is 59.9 Å². The van der Waals surface area contributed by atoms with Gasteiger partial charge < -0.3 is 14.6 Å². The lowest BCUT2D eigenvalue weighted by Crippen LogP contribution is -2.45. The Morgan fingerprint density at radius 2 is 1.06 bits per heavy atom. The highest BCUT2D eigenvalue weighted by Crippen LogP contribution is 2.38. The molecule has 0 radical (unpaired) electrons. The Hall–Kier alpha value is -2.82. The monoisotopic (exact) mass is 447 g/mol. The smallest absolute Gasteiger partial charge is 0.118 e. The van der Waals surface area contributed by atoms with Crippen LogP contribution in [0, 0.1) is 0 Å². The van der Waals surface area contributed by atoms with Crippen molar-refractivity contribution in [1.29, 1.82) is 0 Å². The largest absolute Gasteiger partial charge is 0.497 e. The zero-order chi connectivity index (χ0) is 23.4. The van der Waals surface area contributed by atoms with Crippen molar-refractivity contribution in [3.05, 3.63) is 95.6 Å². The third-order valence-corrected chi connectivity index (χ3v) is 6.23. The van der Waals surface area contributed by atoms with Crippen LogP contribution in [0.15, 0.2) is 78.9 Å². The molecule has 0 amide bonds. The highest BCUT2D eigenvalue weighted by atomic mass is 16.5. The molecule has 0 fully saturated rings. The SMILES string of the molecule is COc1ccc(C(NCCCCCCCCO)(c2ccccc2)c2ccc(OC)cc2)cc1. The Bertz CT molecular complexity index is 876. The molecule has 2 N–H and O–H groups in total. The molecule has 4 nitrogen and oxygen atoms in total. The van der Waals surface area contributed by atoms with Gasteiger partial charge in [0, 0.05) is 6.61 Å². The van der Waals surface area contributed by atoms with E-state index in [4.69, 9.17) is 14.6 Å². The summed E-state index contributed by atoms with van der Waals surface area (Å²) in [7, 11) is 3.39. The highest BCUT2D eigenvalue weighted by Gasteiger charge is 2.35. The fourth-order valence-electron chi connectivity index (χ4n) is 4.40. The van der Waals surface area contributed by atoms with Gasteiger partial charge in [-0.15, -0.1) is 0 Å². The molecule has 0 bridgehead atoms. The zero-order valence-corrected chi connectivity index (χ0v) is 19.9. The Morgan fingerprint density at radius 3 is 1.55 bits per heavy atom. The molecule has 0 aliphatic heterocycles. The van der Waals surface area contributed by atoms with E-state index in [9.17, 15) is 0 Å². The van der Waals surface area contributed by atoms with Gasteiger partial charge in [0.15, 0.2) is 0 Å². The van der Waals surface area contributed by atoms with Crippen molar-refractivity contribution in [2.75, 3.05) is 27.4 Å². The first-order valence-electron chi connectivity index (χ1n) is 11.9. The van der Waals surface area contributed by atoms with E-state index in [1.54, 1.807) is 14.2 Å². The molecular formula is C29H37NO3. The average Bonchev–Trinajstić information content (AvgIpc) is 2.89. The van der Waals surface area contributed by atoms with E-state index < -0.39 is 5.54 Å². The number of aliphatic hydroxyl groups is 1. The van der Waals surface area contributed by atoms with Gasteiger partial charge in [-0.1, -0.05) is 80.3 Å². The molecule has 0 saturated carbocycles. The summed E-state index contributed by atoms with van der Waals surface area (Å²) in [5, 5.41) is 12.9. The van der Waals surface area contributed by atoms with E-state index in [0.717, 1.165) is 37.3 Å². The first-order chi connectivity index (χ1) is 16.2. The summed E-state index contributed by atoms with van der Waals surface area (Å²) in [4.78, 5) is 0. The molecule has 0 aliphatic carbocycles. The number of methoxy groups -OCH3 is 2. The second-order valence-electron chi connectivity index (χ2n) is 8.34. The summed E-state index contributed by atoms with van der Waals surface area (Å²) in [5.74, 6) is 1.69. The molecule has 0 spiro atoms. The van der Waals surface area contributed by atoms with Gasteiger partial charge >= 0.3 is 0 Å². The van der Waals surface area contributed by atoms with Crippen LogP contribution in [0.1, 0.15) is 55.2 Å². The Kier molecular flexibility index (Phi) is 9.79. The lowest BCUT2D eigenvalue weighted by Gasteiger charge is -2.37. The summed E-state index contributed by atoms with van der Waals surface area (Å²) in [6.45, 7) is 1.19. The van der Waals surface area contributed by atoms with Crippen LogP contribution in [0.2, 0.25) is 0 Å². The molecule has 0 atom stereocenters. The number of rotatable bonds is 14. The maximum Gasteiger partial charge on any atom is 0.118 e. The van der Waals surface area contributed by atoms with Crippen LogP contribution in [0.4, 0.5) is 0 Å². The van der Waals surface area contributed by atoms with Crippen molar-refractivity contribution < 1.29 is 14.6 Å². The topological polar surface area (TPSA) is 50.7 Å². The second-order valence-corrected chi connectivity index (χ2v) is 8.34. The van der Waals surface area contributed by atoms with Crippen LogP contribution in [-0.2, 0) is 5.54 Å². The molecule has 3 rings (SSSR count). The van der Waals surface area contributed by atoms with Crippen LogP contribution in [0.25, 0.3) is 0 Å². The van der Waals surface area contributed by atoms with E-state index in [-0.39, 0.29) is 0 Å². The van der Waals surface area contributed by atoms with Crippen LogP contribution in [0.3, 0.4) is 0 Å². The summed E-state index contributed by atoms with van der Waals surface area (Å²) in [6, 6.07) is 27.3. The van der Waals surface area contributed by atoms with E-state index in [1.165, 1.54) is 36.0 Å². The molecule has 0 unspecified atom stereocenters. The van der Waals surface area contributed by atoms with Gasteiger partial charge in [-0.05, 0) is 60.3 Å². The van der Waals surface area contributed by atoms with Crippen LogP contribution in [-0.4, -0.2) is 32.5 Å². The first kappa shape index (κ1) is 24.8. The van der Waals surface area contributed by atoms with Crippen molar-refractivity contribution in [1.82, 2.24) is 5.32 Å². The minimum Gasteiger partial charge on any atom is -0.497 e. The molecule has 176 valence electrons. The van der Waals surface area contributed by atoms with E-state index in [1.807, 2.05) is 24.3 Å². The summed E-state index contributed by atoms with van der Waals surface area (Å²) in [6.07, 6.45) is 6.67. The Morgan fingerprint density at radius 1 is 0.606 bits per heavy atom. The van der Waals surface area contributed by atoms with Crippen LogP contribution in [0.5, 0.6) is 11.5 Å². The zero-order valence-electron chi connectivity index (χ0n) is 19.9. The summed E-state index contributed by atoms with van der Waals surface area (Å²) < 4.78 is 10.8. The Labute approximate surface area is 198 Å². The molecule has 3 aromatic carbocycles. The van der Waals surface area contributed by atoms with Gasteiger partial charge in [-0.2, -0.15) is 0 Å². The van der Waals surface area contributed by atoms with E-state index >= 15 is 0 Å². The van der Waals surface area contributed by atoms with Gasteiger partial charge in [0.2, 0.25) is 0 Å². The number of nitrogens with one attached hydrogen (secondary N) is 1. The molecule has 3 aromatic rings. The number of benzene rings is 3. The highest BCUT2D eigenvalue weighted by molar-refractivity contribution is 5.51. The first-order valence-corrected chi connectivity index (χ1v) is 11.9. The van der Waals surface area contributed by atoms with Gasteiger partial charge in [-0.25, -0.2) is 0 Å². The van der Waals surface area contributed by atoms with Gasteiger partial charge in [-0.3, -0.25) is 5.32 Å². The molecule has 0 saturated heterocycles. The second kappa shape index (κ2) is 13.0. The van der Waals surface area contributed by atoms with Crippen LogP contribution >= 0.6 is 0 Å². The van der Waals surface area contributed by atoms with Gasteiger partial charge in [0.1, 0.15) is 11.5 Å². The van der Waals surface area contributed by atoms with Gasteiger partial charge in [0.25, 0.3) is 0 Å². The van der Waals surface area contributed by atoms with Crippen LogP contribution < -0.4 is 14.8 Å². The lowest BCUT2D eigenvalue weighted by molar-refractivity contribution is 0.282.